The number of aryl methyl sites for hydroxylation is 1. The largest absolute Gasteiger partial charge is 0.392 e. The first-order valence-electron chi connectivity index (χ1n) is 16.8. The summed E-state index contributed by atoms with van der Waals surface area (Å²) in [4.78, 5) is 40.7. The Morgan fingerprint density at radius 1 is 1.04 bits per heavy atom. The highest BCUT2D eigenvalue weighted by molar-refractivity contribution is 5.83. The molecule has 2 aliphatic heterocycles. The molecule has 0 amide bonds. The molecule has 1 atom stereocenters. The molecule has 2 N–H and O–H groups in total. The molecular weight excluding hydrogens is 639 g/mol. The molecule has 12 nitrogen and oxygen atoms in total. The number of aliphatic hydroxyl groups excluding tert-OH is 1. The van der Waals surface area contributed by atoms with Crippen molar-refractivity contribution in [1.82, 2.24) is 29.2 Å². The predicted molar refractivity (Wildman–Crippen MR) is 191 cm³/mol. The maximum atomic E-state index is 15.4. The molecule has 5 aromatic rings. The highest BCUT2D eigenvalue weighted by atomic mass is 19.1. The Labute approximate surface area is 288 Å². The number of nitrogens with one attached hydrogen (secondary N) is 1. The normalized spacial score (nSPS) is 17.3. The number of piperazine rings is 1. The molecule has 2 aliphatic rings. The van der Waals surface area contributed by atoms with Crippen molar-refractivity contribution in [2.45, 2.75) is 51.8 Å². The predicted octanol–water partition coefficient (Wildman–Crippen LogP) is 4.12. The standard InChI is InChI=1S/C37H41FN8O4/c1-22-17-44(27-20-50-21-27)8-9-45(22)26-6-7-33(40-14-26)42-31-11-24(18-43(5)35(31)48)28-15-39-16-32(29(28)19-47)46-36(49)34-23(13-41-46)10-25(12-30(34)38)37(2,3)4/h6-7,10-16,18,22,27,47H,8-9,17,19-21H2,1-5H3,(H,40,42)/t22-/m0/s1. The number of rotatable bonds is 7. The van der Waals surface area contributed by atoms with Gasteiger partial charge in [-0.15, -0.1) is 0 Å². The molecule has 260 valence electrons. The monoisotopic (exact) mass is 680 g/mol. The Balaban J connectivity index is 1.18. The number of aromatic nitrogens is 5. The summed E-state index contributed by atoms with van der Waals surface area (Å²) in [5.41, 5.74) is 2.32. The van der Waals surface area contributed by atoms with E-state index in [1.54, 1.807) is 31.6 Å². The van der Waals surface area contributed by atoms with Crippen LogP contribution in [0.3, 0.4) is 0 Å². The summed E-state index contributed by atoms with van der Waals surface area (Å²) < 4.78 is 23.3. The summed E-state index contributed by atoms with van der Waals surface area (Å²) >= 11 is 0. The van der Waals surface area contributed by atoms with Crippen LogP contribution in [0.15, 0.2) is 70.9 Å². The van der Waals surface area contributed by atoms with E-state index >= 15 is 4.39 Å². The van der Waals surface area contributed by atoms with Gasteiger partial charge in [-0.25, -0.2) is 9.37 Å². The zero-order chi connectivity index (χ0) is 35.3. The Morgan fingerprint density at radius 2 is 1.84 bits per heavy atom. The summed E-state index contributed by atoms with van der Waals surface area (Å²) in [6, 6.07) is 9.50. The molecule has 0 bridgehead atoms. The first-order chi connectivity index (χ1) is 23.9. The lowest BCUT2D eigenvalue weighted by Crippen LogP contribution is -2.59. The zero-order valence-corrected chi connectivity index (χ0v) is 28.9. The Morgan fingerprint density at radius 3 is 2.50 bits per heavy atom. The second-order valence-corrected chi connectivity index (χ2v) is 14.2. The van der Waals surface area contributed by atoms with Crippen molar-refractivity contribution < 1.29 is 14.2 Å². The van der Waals surface area contributed by atoms with Gasteiger partial charge in [0, 0.05) is 67.2 Å². The number of benzene rings is 1. The van der Waals surface area contributed by atoms with Crippen molar-refractivity contribution in [3.63, 3.8) is 0 Å². The number of ether oxygens (including phenoxy) is 1. The lowest BCUT2D eigenvalue weighted by Gasteiger charge is -2.46. The van der Waals surface area contributed by atoms with E-state index in [2.05, 4.69) is 37.1 Å². The highest BCUT2D eigenvalue weighted by Crippen LogP contribution is 2.31. The molecule has 1 aromatic carbocycles. The molecule has 6 heterocycles. The van der Waals surface area contributed by atoms with Crippen LogP contribution in [0.2, 0.25) is 0 Å². The first-order valence-corrected chi connectivity index (χ1v) is 16.8. The van der Waals surface area contributed by atoms with E-state index in [0.29, 0.717) is 40.0 Å². The van der Waals surface area contributed by atoms with Crippen molar-refractivity contribution in [1.29, 1.82) is 0 Å². The van der Waals surface area contributed by atoms with Gasteiger partial charge in [0.05, 0.1) is 61.2 Å². The summed E-state index contributed by atoms with van der Waals surface area (Å²) in [5, 5.41) is 18.4. The maximum absolute atomic E-state index is 15.4. The number of nitrogens with zero attached hydrogens (tertiary/aromatic N) is 7. The highest BCUT2D eigenvalue weighted by Gasteiger charge is 2.32. The van der Waals surface area contributed by atoms with Crippen molar-refractivity contribution in [2.24, 2.45) is 7.05 Å². The molecular formula is C37H41FN8O4. The molecule has 2 saturated heterocycles. The second kappa shape index (κ2) is 13.0. The minimum Gasteiger partial charge on any atom is -0.392 e. The fraction of sp³-hybridized carbons (Fsp3) is 0.378. The van der Waals surface area contributed by atoms with Gasteiger partial charge in [-0.05, 0) is 48.2 Å². The van der Waals surface area contributed by atoms with Crippen LogP contribution in [0, 0.1) is 5.82 Å². The van der Waals surface area contributed by atoms with E-state index in [9.17, 15) is 14.7 Å². The number of halogens is 1. The van der Waals surface area contributed by atoms with Crippen LogP contribution in [-0.2, 0) is 23.8 Å². The van der Waals surface area contributed by atoms with E-state index in [0.717, 1.165) is 48.8 Å². The molecule has 50 heavy (non-hydrogen) atoms. The van der Waals surface area contributed by atoms with Gasteiger partial charge >= 0.3 is 0 Å². The molecule has 7 rings (SSSR count). The fourth-order valence-corrected chi connectivity index (χ4v) is 6.76. The van der Waals surface area contributed by atoms with E-state index in [1.807, 2.05) is 39.1 Å². The smallest absolute Gasteiger partial charge is 0.282 e. The number of hydrogen-bond acceptors (Lipinski definition) is 10. The van der Waals surface area contributed by atoms with E-state index in [-0.39, 0.29) is 27.7 Å². The van der Waals surface area contributed by atoms with Crippen LogP contribution in [0.25, 0.3) is 27.6 Å². The van der Waals surface area contributed by atoms with E-state index < -0.39 is 18.0 Å². The summed E-state index contributed by atoms with van der Waals surface area (Å²) in [6.45, 7) is 12.1. The minimum atomic E-state index is -0.671. The third-order valence-corrected chi connectivity index (χ3v) is 9.76. The average Bonchev–Trinajstić information content (AvgIpc) is 3.05. The second-order valence-electron chi connectivity index (χ2n) is 14.2. The van der Waals surface area contributed by atoms with Gasteiger partial charge in [0.15, 0.2) is 0 Å². The number of anilines is 3. The Hall–Kier alpha value is -4.98. The van der Waals surface area contributed by atoms with Crippen molar-refractivity contribution in [3.8, 4) is 16.8 Å². The van der Waals surface area contributed by atoms with Gasteiger partial charge in [0.2, 0.25) is 0 Å². The van der Waals surface area contributed by atoms with Crippen LogP contribution >= 0.6 is 0 Å². The van der Waals surface area contributed by atoms with Gasteiger partial charge in [-0.1, -0.05) is 20.8 Å². The molecule has 0 radical (unpaired) electrons. The van der Waals surface area contributed by atoms with E-state index in [4.69, 9.17) is 4.74 Å². The number of pyridine rings is 3. The van der Waals surface area contributed by atoms with Gasteiger partial charge in [0.25, 0.3) is 11.1 Å². The van der Waals surface area contributed by atoms with Crippen molar-refractivity contribution in [3.05, 3.63) is 99.0 Å². The van der Waals surface area contributed by atoms with Crippen LogP contribution in [0.5, 0.6) is 0 Å². The molecule has 2 fully saturated rings. The third-order valence-electron chi connectivity index (χ3n) is 9.76. The van der Waals surface area contributed by atoms with Gasteiger partial charge in [-0.3, -0.25) is 19.5 Å². The van der Waals surface area contributed by atoms with Crippen LogP contribution in [-0.4, -0.2) is 79.3 Å². The van der Waals surface area contributed by atoms with E-state index in [1.165, 1.54) is 23.0 Å². The Kier molecular flexibility index (Phi) is 8.75. The number of aliphatic hydroxyl groups is 1. The van der Waals surface area contributed by atoms with Crippen molar-refractivity contribution >= 4 is 28.0 Å². The summed E-state index contributed by atoms with van der Waals surface area (Å²) in [7, 11) is 1.63. The topological polar surface area (TPSA) is 131 Å². The molecule has 0 aliphatic carbocycles. The quantitative estimate of drug-likeness (QED) is 0.259. The lowest BCUT2D eigenvalue weighted by molar-refractivity contribution is -0.0691. The Bertz CT molecular complexity index is 2190. The summed E-state index contributed by atoms with van der Waals surface area (Å²) in [5.74, 6) is -0.144. The number of fused-ring (bicyclic) bond motifs is 1. The van der Waals surface area contributed by atoms with Crippen LogP contribution < -0.4 is 21.3 Å². The van der Waals surface area contributed by atoms with Gasteiger partial charge < -0.3 is 24.6 Å². The molecule has 0 spiro atoms. The SMILES string of the molecule is C[C@H]1CN(C2COC2)CCN1c1ccc(Nc2cc(-c3cncc(-n4ncc5cc(C(C)(C)C)cc(F)c5c4=O)c3CO)cn(C)c2=O)nc1. The van der Waals surface area contributed by atoms with Gasteiger partial charge in [0.1, 0.15) is 17.3 Å². The van der Waals surface area contributed by atoms with Crippen molar-refractivity contribution in [2.75, 3.05) is 43.1 Å². The first kappa shape index (κ1) is 33.5. The minimum absolute atomic E-state index is 0.102. The number of hydrogen-bond donors (Lipinski definition) is 2. The zero-order valence-electron chi connectivity index (χ0n) is 28.9. The van der Waals surface area contributed by atoms with Crippen LogP contribution in [0.1, 0.15) is 38.8 Å². The molecule has 0 saturated carbocycles. The van der Waals surface area contributed by atoms with Gasteiger partial charge in [-0.2, -0.15) is 9.78 Å². The maximum Gasteiger partial charge on any atom is 0.282 e. The average molecular weight is 681 g/mol. The molecule has 0 unspecified atom stereocenters. The van der Waals surface area contributed by atoms with Crippen LogP contribution in [0.4, 0.5) is 21.6 Å². The lowest BCUT2D eigenvalue weighted by atomic mass is 9.86. The summed E-state index contributed by atoms with van der Waals surface area (Å²) in [6.07, 6.45) is 7.85. The molecule has 13 heteroatoms. The fourth-order valence-electron chi connectivity index (χ4n) is 6.76. The molecule has 4 aromatic heterocycles. The third kappa shape index (κ3) is 6.16.